The Bertz CT molecular complexity index is 737. The van der Waals surface area contributed by atoms with Crippen LogP contribution in [0.1, 0.15) is 24.5 Å². The molecule has 2 aromatic carbocycles. The minimum Gasteiger partial charge on any atom is -0.508 e. The maximum Gasteiger partial charge on any atom is 0.224 e. The summed E-state index contributed by atoms with van der Waals surface area (Å²) in [6, 6.07) is 15.3. The molecular weight excluding hydrogens is 338 g/mol. The van der Waals surface area contributed by atoms with Crippen LogP contribution in [-0.2, 0) is 17.8 Å². The van der Waals surface area contributed by atoms with Crippen LogP contribution in [-0.4, -0.2) is 53.5 Å². The number of nitrogens with zero attached hydrogens (tertiary/aromatic N) is 2. The number of aromatic hydroxyl groups is 1. The summed E-state index contributed by atoms with van der Waals surface area (Å²) in [6.45, 7) is 8.80. The molecule has 144 valence electrons. The first kappa shape index (κ1) is 19.4. The normalized spacial score (nSPS) is 15.6. The molecule has 1 aliphatic rings. The molecule has 0 radical (unpaired) electrons. The number of phenolic OH excluding ortho intramolecular Hbond substituents is 1. The predicted octanol–water partition coefficient (Wildman–Crippen LogP) is 3.10. The zero-order valence-corrected chi connectivity index (χ0v) is 16.0. The van der Waals surface area contributed by atoms with E-state index in [0.717, 1.165) is 50.5 Å². The number of phenols is 1. The average molecular weight is 367 g/mol. The number of likely N-dealkylation sites (N-methyl/N-ethyl adjacent to an activating group) is 1. The Labute approximate surface area is 161 Å². The van der Waals surface area contributed by atoms with Crippen LogP contribution >= 0.6 is 0 Å². The SMILES string of the molecule is CCN1CCN(Cc2ccc(NC(=O)CCc3ccccc3O)cc2)CC1. The predicted molar refractivity (Wildman–Crippen MR) is 109 cm³/mol. The molecule has 1 saturated heterocycles. The number of piperazine rings is 1. The highest BCUT2D eigenvalue weighted by atomic mass is 16.3. The van der Waals surface area contributed by atoms with Crippen LogP contribution in [0.15, 0.2) is 48.5 Å². The summed E-state index contributed by atoms with van der Waals surface area (Å²) in [5, 5.41) is 12.7. The largest absolute Gasteiger partial charge is 0.508 e. The maximum absolute atomic E-state index is 12.2. The van der Waals surface area contributed by atoms with Crippen molar-refractivity contribution in [3.8, 4) is 5.75 Å². The van der Waals surface area contributed by atoms with Crippen LogP contribution in [0.25, 0.3) is 0 Å². The number of amides is 1. The smallest absolute Gasteiger partial charge is 0.224 e. The fourth-order valence-corrected chi connectivity index (χ4v) is 3.41. The van der Waals surface area contributed by atoms with Crippen LogP contribution in [0.5, 0.6) is 5.75 Å². The number of para-hydroxylation sites is 1. The zero-order chi connectivity index (χ0) is 19.1. The van der Waals surface area contributed by atoms with E-state index in [1.807, 2.05) is 24.3 Å². The van der Waals surface area contributed by atoms with E-state index in [9.17, 15) is 9.90 Å². The van der Waals surface area contributed by atoms with Crippen LogP contribution in [0, 0.1) is 0 Å². The lowest BCUT2D eigenvalue weighted by molar-refractivity contribution is -0.116. The van der Waals surface area contributed by atoms with Crippen molar-refractivity contribution in [1.29, 1.82) is 0 Å². The standard InChI is InChI=1S/C22H29N3O2/c1-2-24-13-15-25(16-14-24)17-18-7-10-20(11-8-18)23-22(27)12-9-19-5-3-4-6-21(19)26/h3-8,10-11,26H,2,9,12-17H2,1H3,(H,23,27). The second-order valence-electron chi connectivity index (χ2n) is 7.08. The van der Waals surface area contributed by atoms with Crippen molar-refractivity contribution in [2.45, 2.75) is 26.3 Å². The van der Waals surface area contributed by atoms with Gasteiger partial charge in [0.25, 0.3) is 0 Å². The summed E-state index contributed by atoms with van der Waals surface area (Å²) in [4.78, 5) is 17.1. The van der Waals surface area contributed by atoms with E-state index >= 15 is 0 Å². The van der Waals surface area contributed by atoms with Crippen LogP contribution < -0.4 is 5.32 Å². The number of carbonyl (C=O) groups is 1. The first-order chi connectivity index (χ1) is 13.1. The molecule has 27 heavy (non-hydrogen) atoms. The Morgan fingerprint density at radius 3 is 2.33 bits per heavy atom. The summed E-state index contributed by atoms with van der Waals surface area (Å²) in [6.07, 6.45) is 0.876. The minimum absolute atomic E-state index is 0.0401. The Balaban J connectivity index is 1.44. The molecule has 5 nitrogen and oxygen atoms in total. The number of hydrogen-bond acceptors (Lipinski definition) is 4. The van der Waals surface area contributed by atoms with Gasteiger partial charge in [-0.05, 0) is 42.3 Å². The van der Waals surface area contributed by atoms with Crippen LogP contribution in [0.4, 0.5) is 5.69 Å². The molecule has 1 aliphatic heterocycles. The van der Waals surface area contributed by atoms with E-state index in [2.05, 4.69) is 34.2 Å². The van der Waals surface area contributed by atoms with Gasteiger partial charge in [-0.15, -0.1) is 0 Å². The number of carbonyl (C=O) groups excluding carboxylic acids is 1. The van der Waals surface area contributed by atoms with Gasteiger partial charge in [0, 0.05) is 44.8 Å². The molecule has 0 atom stereocenters. The van der Waals surface area contributed by atoms with Gasteiger partial charge in [0.1, 0.15) is 5.75 Å². The molecular formula is C22H29N3O2. The minimum atomic E-state index is -0.0401. The molecule has 1 heterocycles. The van der Waals surface area contributed by atoms with Gasteiger partial charge >= 0.3 is 0 Å². The molecule has 0 saturated carbocycles. The van der Waals surface area contributed by atoms with E-state index in [1.54, 1.807) is 12.1 Å². The number of anilines is 1. The van der Waals surface area contributed by atoms with Gasteiger partial charge in [0.2, 0.25) is 5.91 Å². The van der Waals surface area contributed by atoms with Gasteiger partial charge in [-0.1, -0.05) is 37.3 Å². The summed E-state index contributed by atoms with van der Waals surface area (Å²) in [5.74, 6) is 0.205. The summed E-state index contributed by atoms with van der Waals surface area (Å²) in [7, 11) is 0. The van der Waals surface area contributed by atoms with E-state index < -0.39 is 0 Å². The number of rotatable bonds is 7. The first-order valence-electron chi connectivity index (χ1n) is 9.74. The quantitative estimate of drug-likeness (QED) is 0.790. The van der Waals surface area contributed by atoms with E-state index in [4.69, 9.17) is 0 Å². The monoisotopic (exact) mass is 367 g/mol. The average Bonchev–Trinajstić information content (AvgIpc) is 2.69. The Kier molecular flexibility index (Phi) is 6.85. The third-order valence-electron chi connectivity index (χ3n) is 5.17. The Hall–Kier alpha value is -2.37. The lowest BCUT2D eigenvalue weighted by atomic mass is 10.1. The zero-order valence-electron chi connectivity index (χ0n) is 16.0. The fraction of sp³-hybridized carbons (Fsp3) is 0.409. The van der Waals surface area contributed by atoms with Gasteiger partial charge < -0.3 is 15.3 Å². The van der Waals surface area contributed by atoms with Crippen molar-refractivity contribution in [1.82, 2.24) is 9.80 Å². The summed E-state index contributed by atoms with van der Waals surface area (Å²) < 4.78 is 0. The molecule has 0 aromatic heterocycles. The molecule has 5 heteroatoms. The molecule has 1 amide bonds. The summed E-state index contributed by atoms with van der Waals surface area (Å²) in [5.41, 5.74) is 2.88. The molecule has 0 bridgehead atoms. The second-order valence-corrected chi connectivity index (χ2v) is 7.08. The van der Waals surface area contributed by atoms with Crippen molar-refractivity contribution in [3.63, 3.8) is 0 Å². The lowest BCUT2D eigenvalue weighted by Crippen LogP contribution is -2.45. The first-order valence-corrected chi connectivity index (χ1v) is 9.74. The van der Waals surface area contributed by atoms with Crippen molar-refractivity contribution in [2.75, 3.05) is 38.0 Å². The van der Waals surface area contributed by atoms with Crippen molar-refractivity contribution >= 4 is 11.6 Å². The second kappa shape index (κ2) is 9.53. The molecule has 0 unspecified atom stereocenters. The van der Waals surface area contributed by atoms with E-state index in [0.29, 0.717) is 12.8 Å². The highest BCUT2D eigenvalue weighted by Crippen LogP contribution is 2.18. The fourth-order valence-electron chi connectivity index (χ4n) is 3.41. The van der Waals surface area contributed by atoms with Crippen molar-refractivity contribution < 1.29 is 9.90 Å². The molecule has 3 rings (SSSR count). The molecule has 0 spiro atoms. The van der Waals surface area contributed by atoms with E-state index in [-0.39, 0.29) is 11.7 Å². The topological polar surface area (TPSA) is 55.8 Å². The van der Waals surface area contributed by atoms with Gasteiger partial charge in [-0.3, -0.25) is 9.69 Å². The molecule has 2 N–H and O–H groups in total. The summed E-state index contributed by atoms with van der Waals surface area (Å²) >= 11 is 0. The van der Waals surface area contributed by atoms with E-state index in [1.165, 1.54) is 5.56 Å². The third-order valence-corrected chi connectivity index (χ3v) is 5.17. The Morgan fingerprint density at radius 1 is 1.00 bits per heavy atom. The maximum atomic E-state index is 12.2. The molecule has 2 aromatic rings. The molecule has 0 aliphatic carbocycles. The van der Waals surface area contributed by atoms with Gasteiger partial charge in [0.05, 0.1) is 0 Å². The van der Waals surface area contributed by atoms with Crippen molar-refractivity contribution in [2.24, 2.45) is 0 Å². The highest BCUT2D eigenvalue weighted by molar-refractivity contribution is 5.90. The number of benzene rings is 2. The molecule has 1 fully saturated rings. The van der Waals surface area contributed by atoms with Gasteiger partial charge in [-0.25, -0.2) is 0 Å². The third kappa shape index (κ3) is 5.81. The van der Waals surface area contributed by atoms with Gasteiger partial charge in [-0.2, -0.15) is 0 Å². The number of hydrogen-bond donors (Lipinski definition) is 2. The van der Waals surface area contributed by atoms with Crippen LogP contribution in [0.3, 0.4) is 0 Å². The lowest BCUT2D eigenvalue weighted by Gasteiger charge is -2.34. The number of aryl methyl sites for hydroxylation is 1. The van der Waals surface area contributed by atoms with Gasteiger partial charge in [0.15, 0.2) is 0 Å². The number of nitrogens with one attached hydrogen (secondary N) is 1. The van der Waals surface area contributed by atoms with Crippen LogP contribution in [0.2, 0.25) is 0 Å². The van der Waals surface area contributed by atoms with Crippen molar-refractivity contribution in [3.05, 3.63) is 59.7 Å². The Morgan fingerprint density at radius 2 is 1.67 bits per heavy atom. The highest BCUT2D eigenvalue weighted by Gasteiger charge is 2.15.